The molecule has 0 aliphatic heterocycles. The molecule has 1 aromatic carbocycles. The number of nitrogens with zero attached hydrogens (tertiary/aromatic N) is 4. The molecule has 0 aliphatic rings. The number of hydrogen-bond acceptors (Lipinski definition) is 3. The summed E-state index contributed by atoms with van der Waals surface area (Å²) in [4.78, 5) is 8.40. The molecule has 5 heteroatoms. The highest BCUT2D eigenvalue weighted by molar-refractivity contribution is 9.10. The van der Waals surface area contributed by atoms with Gasteiger partial charge in [-0.25, -0.2) is 14.6 Å². The lowest BCUT2D eigenvalue weighted by Gasteiger charge is -1.98. The van der Waals surface area contributed by atoms with Crippen LogP contribution in [0.15, 0.2) is 59.6 Å². The lowest BCUT2D eigenvalue weighted by molar-refractivity contribution is 0.806. The summed E-state index contributed by atoms with van der Waals surface area (Å²) < 4.78 is 2.51. The van der Waals surface area contributed by atoms with E-state index in [2.05, 4.69) is 31.0 Å². The van der Waals surface area contributed by atoms with Gasteiger partial charge in [0.15, 0.2) is 0 Å². The lowest BCUT2D eigenvalue weighted by Crippen LogP contribution is -2.00. The van der Waals surface area contributed by atoms with E-state index >= 15 is 0 Å². The maximum atomic E-state index is 4.27. The third kappa shape index (κ3) is 2.17. The van der Waals surface area contributed by atoms with Crippen LogP contribution >= 0.6 is 15.9 Å². The van der Waals surface area contributed by atoms with Gasteiger partial charge in [-0.05, 0) is 21.5 Å². The van der Waals surface area contributed by atoms with Gasteiger partial charge in [-0.2, -0.15) is 5.10 Å². The summed E-state index contributed by atoms with van der Waals surface area (Å²) in [6.45, 7) is 0. The zero-order valence-electron chi connectivity index (χ0n) is 9.36. The Bertz CT molecular complexity index is 646. The quantitative estimate of drug-likeness (QED) is 0.730. The molecule has 0 atom stereocenters. The van der Waals surface area contributed by atoms with Crippen molar-refractivity contribution in [2.75, 3.05) is 0 Å². The smallest absolute Gasteiger partial charge is 0.218 e. The molecular formula is C13H9BrN4. The van der Waals surface area contributed by atoms with Crippen LogP contribution < -0.4 is 0 Å². The van der Waals surface area contributed by atoms with E-state index in [1.807, 2.05) is 36.5 Å². The molecular weight excluding hydrogens is 292 g/mol. The topological polar surface area (TPSA) is 43.6 Å². The molecule has 4 nitrogen and oxygen atoms in total. The molecule has 0 radical (unpaired) electrons. The van der Waals surface area contributed by atoms with E-state index in [0.29, 0.717) is 5.95 Å². The first-order valence-corrected chi connectivity index (χ1v) is 6.20. The Morgan fingerprint density at radius 2 is 1.61 bits per heavy atom. The number of aromatic nitrogens is 4. The van der Waals surface area contributed by atoms with Crippen molar-refractivity contribution in [3.05, 3.63) is 59.6 Å². The molecule has 0 aliphatic carbocycles. The molecule has 88 valence electrons. The van der Waals surface area contributed by atoms with Gasteiger partial charge in [-0.3, -0.25) is 0 Å². The highest BCUT2D eigenvalue weighted by atomic mass is 79.9. The van der Waals surface area contributed by atoms with Gasteiger partial charge in [0.25, 0.3) is 5.95 Å². The van der Waals surface area contributed by atoms with Crippen molar-refractivity contribution in [3.63, 3.8) is 0 Å². The van der Waals surface area contributed by atoms with Gasteiger partial charge < -0.3 is 0 Å². The minimum Gasteiger partial charge on any atom is -0.218 e. The number of halogens is 1. The Labute approximate surface area is 112 Å². The van der Waals surface area contributed by atoms with Crippen molar-refractivity contribution in [1.29, 1.82) is 0 Å². The molecule has 2 aromatic heterocycles. The summed E-state index contributed by atoms with van der Waals surface area (Å²) in [5, 5.41) is 4.27. The van der Waals surface area contributed by atoms with Crippen molar-refractivity contribution < 1.29 is 0 Å². The van der Waals surface area contributed by atoms with Crippen LogP contribution in [0.25, 0.3) is 17.1 Å². The van der Waals surface area contributed by atoms with Gasteiger partial charge in [-0.1, -0.05) is 30.3 Å². The monoisotopic (exact) mass is 300 g/mol. The Balaban J connectivity index is 1.97. The third-order valence-electron chi connectivity index (χ3n) is 2.50. The number of hydrogen-bond donors (Lipinski definition) is 0. The Morgan fingerprint density at radius 1 is 0.889 bits per heavy atom. The van der Waals surface area contributed by atoms with Gasteiger partial charge >= 0.3 is 0 Å². The summed E-state index contributed by atoms with van der Waals surface area (Å²) >= 11 is 3.31. The minimum absolute atomic E-state index is 0.556. The van der Waals surface area contributed by atoms with E-state index in [1.54, 1.807) is 23.3 Å². The summed E-state index contributed by atoms with van der Waals surface area (Å²) in [6, 6.07) is 10.1. The largest absolute Gasteiger partial charge is 0.250 e. The van der Waals surface area contributed by atoms with Crippen LogP contribution in [-0.4, -0.2) is 19.7 Å². The second-order valence-corrected chi connectivity index (χ2v) is 4.66. The number of benzene rings is 1. The fourth-order valence-electron chi connectivity index (χ4n) is 1.64. The van der Waals surface area contributed by atoms with E-state index in [-0.39, 0.29) is 0 Å². The predicted octanol–water partition coefficient (Wildman–Crippen LogP) is 3.09. The molecule has 3 rings (SSSR count). The SMILES string of the molecule is Brc1cnc(-n2cc(-c3ccccc3)cn2)nc1. The van der Waals surface area contributed by atoms with Gasteiger partial charge in [0.2, 0.25) is 0 Å². The number of rotatable bonds is 2. The van der Waals surface area contributed by atoms with Gasteiger partial charge in [0, 0.05) is 24.2 Å². The van der Waals surface area contributed by atoms with Crippen LogP contribution in [-0.2, 0) is 0 Å². The standard InChI is InChI=1S/C13H9BrN4/c14-12-7-15-13(16-8-12)18-9-11(6-17-18)10-4-2-1-3-5-10/h1-9H. The van der Waals surface area contributed by atoms with E-state index < -0.39 is 0 Å². The maximum Gasteiger partial charge on any atom is 0.250 e. The molecule has 0 fully saturated rings. The second kappa shape index (κ2) is 4.70. The van der Waals surface area contributed by atoms with Crippen LogP contribution in [0.1, 0.15) is 0 Å². The first-order chi connectivity index (χ1) is 8.83. The zero-order chi connectivity index (χ0) is 12.4. The highest BCUT2D eigenvalue weighted by Gasteiger charge is 2.04. The Kier molecular flexibility index (Phi) is 2.90. The maximum absolute atomic E-state index is 4.27. The lowest BCUT2D eigenvalue weighted by atomic mass is 10.1. The summed E-state index contributed by atoms with van der Waals surface area (Å²) in [7, 11) is 0. The summed E-state index contributed by atoms with van der Waals surface area (Å²) in [5.74, 6) is 0.556. The Morgan fingerprint density at radius 3 is 2.33 bits per heavy atom. The van der Waals surface area contributed by atoms with Crippen molar-refractivity contribution in [2.24, 2.45) is 0 Å². The highest BCUT2D eigenvalue weighted by Crippen LogP contribution is 2.18. The molecule has 0 amide bonds. The first-order valence-electron chi connectivity index (χ1n) is 5.41. The normalized spacial score (nSPS) is 10.5. The predicted molar refractivity (Wildman–Crippen MR) is 72.3 cm³/mol. The third-order valence-corrected chi connectivity index (χ3v) is 2.91. The van der Waals surface area contributed by atoms with Gasteiger partial charge in [-0.15, -0.1) is 0 Å². The van der Waals surface area contributed by atoms with Crippen LogP contribution in [0.2, 0.25) is 0 Å². The first kappa shape index (κ1) is 11.1. The minimum atomic E-state index is 0.556. The van der Waals surface area contributed by atoms with E-state index in [4.69, 9.17) is 0 Å². The van der Waals surface area contributed by atoms with Gasteiger partial charge in [0.05, 0.1) is 10.7 Å². The van der Waals surface area contributed by atoms with Crippen LogP contribution in [0.4, 0.5) is 0 Å². The molecule has 0 N–H and O–H groups in total. The van der Waals surface area contributed by atoms with E-state index in [0.717, 1.165) is 15.6 Å². The molecule has 0 unspecified atom stereocenters. The van der Waals surface area contributed by atoms with Crippen LogP contribution in [0, 0.1) is 0 Å². The van der Waals surface area contributed by atoms with E-state index in [9.17, 15) is 0 Å². The molecule has 0 saturated heterocycles. The van der Waals surface area contributed by atoms with E-state index in [1.165, 1.54) is 0 Å². The Hall–Kier alpha value is -2.01. The van der Waals surface area contributed by atoms with Crippen LogP contribution in [0.5, 0.6) is 0 Å². The van der Waals surface area contributed by atoms with Crippen molar-refractivity contribution in [2.45, 2.75) is 0 Å². The summed E-state index contributed by atoms with van der Waals surface area (Å²) in [5.41, 5.74) is 2.17. The van der Waals surface area contributed by atoms with Crippen molar-refractivity contribution in [3.8, 4) is 17.1 Å². The average molecular weight is 301 g/mol. The molecule has 0 saturated carbocycles. The average Bonchev–Trinajstić information content (AvgIpc) is 2.90. The van der Waals surface area contributed by atoms with Crippen molar-refractivity contribution >= 4 is 15.9 Å². The molecule has 0 spiro atoms. The molecule has 3 aromatic rings. The molecule has 0 bridgehead atoms. The zero-order valence-corrected chi connectivity index (χ0v) is 10.9. The molecule has 2 heterocycles. The van der Waals surface area contributed by atoms with Gasteiger partial charge in [0.1, 0.15) is 0 Å². The fourth-order valence-corrected chi connectivity index (χ4v) is 1.84. The fraction of sp³-hybridized carbons (Fsp3) is 0. The summed E-state index contributed by atoms with van der Waals surface area (Å²) in [6.07, 6.45) is 7.12. The van der Waals surface area contributed by atoms with Crippen LogP contribution in [0.3, 0.4) is 0 Å². The van der Waals surface area contributed by atoms with Crippen molar-refractivity contribution in [1.82, 2.24) is 19.7 Å². The molecule has 18 heavy (non-hydrogen) atoms. The second-order valence-electron chi connectivity index (χ2n) is 3.74.